The Bertz CT molecular complexity index is 402. The molecule has 2 aliphatic carbocycles. The summed E-state index contributed by atoms with van der Waals surface area (Å²) in [6.07, 6.45) is 10.7. The first-order chi connectivity index (χ1) is 9.35. The van der Waals surface area contributed by atoms with E-state index in [1.165, 1.54) is 31.2 Å². The molecule has 2 atom stereocenters. The fourth-order valence-electron chi connectivity index (χ4n) is 3.66. The highest BCUT2D eigenvalue weighted by Crippen LogP contribution is 2.57. The molecule has 3 heteroatoms. The summed E-state index contributed by atoms with van der Waals surface area (Å²) < 4.78 is 5.88. The van der Waals surface area contributed by atoms with Gasteiger partial charge in [-0.25, -0.2) is 0 Å². The van der Waals surface area contributed by atoms with E-state index in [2.05, 4.69) is 23.3 Å². The number of pyridine rings is 1. The van der Waals surface area contributed by atoms with E-state index in [0.29, 0.717) is 17.6 Å². The molecule has 2 unspecified atom stereocenters. The van der Waals surface area contributed by atoms with Gasteiger partial charge >= 0.3 is 0 Å². The number of nitrogens with zero attached hydrogens (tertiary/aromatic N) is 1. The van der Waals surface area contributed by atoms with Gasteiger partial charge in [0.25, 0.3) is 0 Å². The van der Waals surface area contributed by atoms with E-state index in [0.717, 1.165) is 19.6 Å². The van der Waals surface area contributed by atoms with Crippen LogP contribution in [0.5, 0.6) is 0 Å². The van der Waals surface area contributed by atoms with Crippen LogP contribution in [0.4, 0.5) is 0 Å². The molecule has 19 heavy (non-hydrogen) atoms. The number of rotatable bonds is 6. The van der Waals surface area contributed by atoms with Crippen molar-refractivity contribution in [2.45, 2.75) is 51.2 Å². The lowest BCUT2D eigenvalue weighted by molar-refractivity contribution is -0.172. The van der Waals surface area contributed by atoms with Crippen LogP contribution < -0.4 is 5.32 Å². The Balaban J connectivity index is 1.46. The van der Waals surface area contributed by atoms with Crippen molar-refractivity contribution in [3.63, 3.8) is 0 Å². The molecule has 1 spiro atoms. The van der Waals surface area contributed by atoms with E-state index in [-0.39, 0.29) is 0 Å². The van der Waals surface area contributed by atoms with Gasteiger partial charge < -0.3 is 10.1 Å². The van der Waals surface area contributed by atoms with Gasteiger partial charge in [-0.1, -0.05) is 12.5 Å². The van der Waals surface area contributed by atoms with Crippen molar-refractivity contribution >= 4 is 0 Å². The number of aromatic nitrogens is 1. The van der Waals surface area contributed by atoms with Gasteiger partial charge in [-0.3, -0.25) is 4.98 Å². The minimum absolute atomic E-state index is 0.477. The van der Waals surface area contributed by atoms with Gasteiger partial charge in [0, 0.05) is 30.5 Å². The van der Waals surface area contributed by atoms with Gasteiger partial charge in [0.2, 0.25) is 0 Å². The minimum atomic E-state index is 0.477. The molecule has 0 saturated heterocycles. The van der Waals surface area contributed by atoms with Crippen molar-refractivity contribution in [2.24, 2.45) is 5.41 Å². The molecule has 1 aromatic rings. The fraction of sp³-hybridized carbons (Fsp3) is 0.688. The van der Waals surface area contributed by atoms with Gasteiger partial charge in [-0.2, -0.15) is 0 Å². The van der Waals surface area contributed by atoms with E-state index < -0.39 is 0 Å². The van der Waals surface area contributed by atoms with Crippen molar-refractivity contribution in [1.82, 2.24) is 10.3 Å². The average Bonchev–Trinajstić information content (AvgIpc) is 2.36. The smallest absolute Gasteiger partial charge is 0.0661 e. The third kappa shape index (κ3) is 2.41. The molecule has 0 aromatic carbocycles. The van der Waals surface area contributed by atoms with Crippen LogP contribution in [0.3, 0.4) is 0 Å². The Morgan fingerprint density at radius 2 is 2.37 bits per heavy atom. The quantitative estimate of drug-likeness (QED) is 0.853. The summed E-state index contributed by atoms with van der Waals surface area (Å²) in [6, 6.07) is 4.84. The van der Waals surface area contributed by atoms with Crippen LogP contribution in [0, 0.1) is 5.41 Å². The lowest BCUT2D eigenvalue weighted by atomic mass is 9.51. The SMILES string of the molecule is CCOC1CC(NCCc2cccnc2)C12CCC2. The molecule has 0 amide bonds. The van der Waals surface area contributed by atoms with Gasteiger partial charge in [0.15, 0.2) is 0 Å². The molecular formula is C16H24N2O. The molecule has 1 heterocycles. The van der Waals surface area contributed by atoms with E-state index in [1.807, 2.05) is 18.5 Å². The molecule has 1 aromatic heterocycles. The first-order valence-corrected chi connectivity index (χ1v) is 7.59. The summed E-state index contributed by atoms with van der Waals surface area (Å²) >= 11 is 0. The maximum absolute atomic E-state index is 5.88. The molecule has 2 aliphatic rings. The molecule has 0 aliphatic heterocycles. The normalized spacial score (nSPS) is 27.8. The molecule has 2 saturated carbocycles. The Hall–Kier alpha value is -0.930. The monoisotopic (exact) mass is 260 g/mol. The molecular weight excluding hydrogens is 236 g/mol. The van der Waals surface area contributed by atoms with E-state index >= 15 is 0 Å². The largest absolute Gasteiger partial charge is 0.378 e. The highest BCUT2D eigenvalue weighted by molar-refractivity contribution is 5.13. The number of hydrogen-bond donors (Lipinski definition) is 1. The van der Waals surface area contributed by atoms with Gasteiger partial charge in [-0.15, -0.1) is 0 Å². The summed E-state index contributed by atoms with van der Waals surface area (Å²) in [5.74, 6) is 0. The maximum atomic E-state index is 5.88. The highest BCUT2D eigenvalue weighted by Gasteiger charge is 2.58. The van der Waals surface area contributed by atoms with Crippen molar-refractivity contribution in [2.75, 3.05) is 13.2 Å². The molecule has 3 nitrogen and oxygen atoms in total. The second-order valence-electron chi connectivity index (χ2n) is 5.88. The lowest BCUT2D eigenvalue weighted by Gasteiger charge is -2.61. The fourth-order valence-corrected chi connectivity index (χ4v) is 3.66. The Kier molecular flexibility index (Phi) is 3.85. The summed E-state index contributed by atoms with van der Waals surface area (Å²) in [5.41, 5.74) is 1.80. The van der Waals surface area contributed by atoms with Crippen LogP contribution in [0.15, 0.2) is 24.5 Å². The molecule has 0 bridgehead atoms. The zero-order valence-electron chi connectivity index (χ0n) is 11.8. The number of nitrogens with one attached hydrogen (secondary N) is 1. The van der Waals surface area contributed by atoms with E-state index in [9.17, 15) is 0 Å². The molecule has 2 fully saturated rings. The molecule has 1 N–H and O–H groups in total. The van der Waals surface area contributed by atoms with Gasteiger partial charge in [0.1, 0.15) is 0 Å². The highest BCUT2D eigenvalue weighted by atomic mass is 16.5. The van der Waals surface area contributed by atoms with Crippen LogP contribution >= 0.6 is 0 Å². The molecule has 104 valence electrons. The topological polar surface area (TPSA) is 34.1 Å². The van der Waals surface area contributed by atoms with Crippen LogP contribution in [-0.2, 0) is 11.2 Å². The zero-order valence-corrected chi connectivity index (χ0v) is 11.8. The Morgan fingerprint density at radius 1 is 1.47 bits per heavy atom. The number of hydrogen-bond acceptors (Lipinski definition) is 3. The summed E-state index contributed by atoms with van der Waals surface area (Å²) in [5, 5.41) is 3.74. The van der Waals surface area contributed by atoms with E-state index in [4.69, 9.17) is 4.74 Å². The standard InChI is InChI=1S/C16H24N2O/c1-2-19-15-11-14(16(15)7-4-8-16)18-10-6-13-5-3-9-17-12-13/h3,5,9,12,14-15,18H,2,4,6-8,10-11H2,1H3. The number of ether oxygens (including phenoxy) is 1. The van der Waals surface area contributed by atoms with Gasteiger partial charge in [0.05, 0.1) is 6.10 Å². The summed E-state index contributed by atoms with van der Waals surface area (Å²) in [4.78, 5) is 4.16. The third-order valence-electron chi connectivity index (χ3n) is 4.96. The Labute approximate surface area is 115 Å². The van der Waals surface area contributed by atoms with Crippen LogP contribution in [0.1, 0.15) is 38.2 Å². The zero-order chi connectivity index (χ0) is 13.1. The predicted molar refractivity (Wildman–Crippen MR) is 76.0 cm³/mol. The molecule has 3 rings (SSSR count). The second kappa shape index (κ2) is 5.59. The molecule has 0 radical (unpaired) electrons. The second-order valence-corrected chi connectivity index (χ2v) is 5.88. The summed E-state index contributed by atoms with van der Waals surface area (Å²) in [7, 11) is 0. The van der Waals surface area contributed by atoms with Crippen molar-refractivity contribution in [1.29, 1.82) is 0 Å². The Morgan fingerprint density at radius 3 is 3.00 bits per heavy atom. The predicted octanol–water partition coefficient (Wildman–Crippen LogP) is 2.56. The van der Waals surface area contributed by atoms with Gasteiger partial charge in [-0.05, 0) is 50.8 Å². The van der Waals surface area contributed by atoms with Crippen molar-refractivity contribution in [3.05, 3.63) is 30.1 Å². The van der Waals surface area contributed by atoms with Crippen LogP contribution in [0.2, 0.25) is 0 Å². The van der Waals surface area contributed by atoms with Crippen LogP contribution in [0.25, 0.3) is 0 Å². The average molecular weight is 260 g/mol. The van der Waals surface area contributed by atoms with E-state index in [1.54, 1.807) is 0 Å². The van der Waals surface area contributed by atoms with Crippen LogP contribution in [-0.4, -0.2) is 30.3 Å². The van der Waals surface area contributed by atoms with Crippen molar-refractivity contribution < 1.29 is 4.74 Å². The lowest BCUT2D eigenvalue weighted by Crippen LogP contribution is -2.67. The third-order valence-corrected chi connectivity index (χ3v) is 4.96. The minimum Gasteiger partial charge on any atom is -0.378 e. The first-order valence-electron chi connectivity index (χ1n) is 7.59. The van der Waals surface area contributed by atoms with Crippen molar-refractivity contribution in [3.8, 4) is 0 Å². The summed E-state index contributed by atoms with van der Waals surface area (Å²) in [6.45, 7) is 4.02. The first kappa shape index (κ1) is 13.1. The maximum Gasteiger partial charge on any atom is 0.0661 e.